The Morgan fingerprint density at radius 2 is 1.65 bits per heavy atom. The van der Waals surface area contributed by atoms with Gasteiger partial charge in [-0.15, -0.1) is 0 Å². The Morgan fingerprint density at radius 1 is 1.02 bits per heavy atom. The highest BCUT2D eigenvalue weighted by Crippen LogP contribution is 2.32. The van der Waals surface area contributed by atoms with Crippen LogP contribution in [0.4, 0.5) is 17.6 Å². The molecule has 0 spiro atoms. The van der Waals surface area contributed by atoms with E-state index in [-0.39, 0.29) is 21.9 Å². The minimum Gasteiger partial charge on any atom is -0.336 e. The van der Waals surface area contributed by atoms with Crippen molar-refractivity contribution in [2.24, 2.45) is 5.89 Å². The van der Waals surface area contributed by atoms with Crippen molar-refractivity contribution in [2.45, 2.75) is 63.6 Å². The van der Waals surface area contributed by atoms with E-state index in [1.807, 2.05) is 0 Å². The minimum atomic E-state index is -4.60. The molecule has 0 bridgehead atoms. The van der Waals surface area contributed by atoms with Gasteiger partial charge in [0.25, 0.3) is 5.56 Å². The van der Waals surface area contributed by atoms with E-state index in [4.69, 9.17) is 20.6 Å². The molecule has 0 saturated carbocycles. The first kappa shape index (κ1) is 19.3. The molecule has 254 valence electrons. The summed E-state index contributed by atoms with van der Waals surface area (Å²) >= 11 is -0.330. The lowest BCUT2D eigenvalue weighted by molar-refractivity contribution is -0.137. The summed E-state index contributed by atoms with van der Waals surface area (Å²) in [7, 11) is 0. The molecule has 3 aromatic carbocycles. The molecular weight excluding hydrogens is 640 g/mol. The van der Waals surface area contributed by atoms with Crippen molar-refractivity contribution in [1.29, 1.82) is 0 Å². The van der Waals surface area contributed by atoms with Gasteiger partial charge < -0.3 is 14.4 Å². The van der Waals surface area contributed by atoms with Crippen molar-refractivity contribution >= 4 is 17.7 Å². The number of benzene rings is 3. The third-order valence-electron chi connectivity index (χ3n) is 7.02. The van der Waals surface area contributed by atoms with E-state index in [1.165, 1.54) is 36.4 Å². The van der Waals surface area contributed by atoms with Crippen LogP contribution in [0.25, 0.3) is 11.1 Å². The second kappa shape index (κ2) is 15.5. The number of carbonyl (C=O) groups excluding carboxylic acids is 1. The number of fused-ring (bicyclic) bond motifs is 1. The van der Waals surface area contributed by atoms with E-state index < -0.39 is 139 Å². The average molecular weight is 698 g/mol. The number of aromatic nitrogens is 2. The highest BCUT2D eigenvalue weighted by Gasteiger charge is 2.30. The molecule has 5 rings (SSSR count). The Bertz CT molecular complexity index is 2520. The summed E-state index contributed by atoms with van der Waals surface area (Å²) in [4.78, 5) is 33.7. The quantitative estimate of drug-likeness (QED) is 0.0825. The summed E-state index contributed by atoms with van der Waals surface area (Å²) in [5.74, 6) is -6.29. The molecule has 1 heterocycles. The molecule has 11 heteroatoms. The van der Waals surface area contributed by atoms with Gasteiger partial charge in [-0.1, -0.05) is 81.0 Å². The van der Waals surface area contributed by atoms with Gasteiger partial charge in [-0.05, 0) is 78.1 Å². The first-order valence-electron chi connectivity index (χ1n) is 22.8. The van der Waals surface area contributed by atoms with Crippen LogP contribution in [0.3, 0.4) is 0 Å². The van der Waals surface area contributed by atoms with Crippen molar-refractivity contribution < 1.29 is 45.7 Å². The molecule has 1 aliphatic carbocycles. The van der Waals surface area contributed by atoms with E-state index in [9.17, 15) is 29.9 Å². The van der Waals surface area contributed by atoms with Gasteiger partial charge >= 0.3 is 6.18 Å². The number of halogens is 4. The lowest BCUT2D eigenvalue weighted by Gasteiger charge is -2.28. The number of alkyl halides is 3. The second-order valence-electron chi connectivity index (χ2n) is 10.2. The molecule has 6 nitrogen and oxygen atoms in total. The van der Waals surface area contributed by atoms with Crippen LogP contribution in [0.2, 0.25) is 0 Å². The summed E-state index contributed by atoms with van der Waals surface area (Å²) in [6.07, 6.45) is -11.3. The number of likely N-dealkylation sites (N-methyl/N-ethyl adjacent to an activating group) is 1. The number of hydrogen-bond acceptors (Lipinski definition) is 5. The van der Waals surface area contributed by atoms with Gasteiger partial charge in [-0.25, -0.2) is 4.39 Å². The van der Waals surface area contributed by atoms with E-state index in [2.05, 4.69) is 4.98 Å². The fraction of sp³-hybridized carbons (Fsp3) is 0.378. The Morgan fingerprint density at radius 3 is 2.25 bits per heavy atom. The predicted molar refractivity (Wildman–Crippen MR) is 181 cm³/mol. The lowest BCUT2D eigenvalue weighted by atomic mass is 10.0. The van der Waals surface area contributed by atoms with Crippen molar-refractivity contribution in [3.8, 4) is 11.1 Å². The summed E-state index contributed by atoms with van der Waals surface area (Å²) in [5.41, 5.74) is -8.53. The molecular formula is C37H40F4N4O2S. The van der Waals surface area contributed by atoms with Gasteiger partial charge in [-0.3, -0.25) is 9.59 Å². The van der Waals surface area contributed by atoms with Crippen LogP contribution in [0.5, 0.6) is 0 Å². The Kier molecular flexibility index (Phi) is 6.23. The molecule has 0 aliphatic heterocycles. The maximum Gasteiger partial charge on any atom is 0.416 e. The first-order chi connectivity index (χ1) is 29.3. The zero-order valence-corrected chi connectivity index (χ0v) is 26.6. The zero-order valence-electron chi connectivity index (χ0n) is 42.8. The van der Waals surface area contributed by atoms with Gasteiger partial charge in [0.15, 0.2) is 5.16 Å². The van der Waals surface area contributed by atoms with Crippen LogP contribution in [-0.4, -0.2) is 51.3 Å². The number of amides is 1. The van der Waals surface area contributed by atoms with E-state index in [0.29, 0.717) is 16.0 Å². The van der Waals surface area contributed by atoms with Gasteiger partial charge in [-0.2, -0.15) is 18.2 Å². The standard InChI is InChI=1S/C37H40F4N4O2S/c1-4-43(5-2)18-19-44(22-26-6-10-28(11-7-26)29-12-14-30(15-13-29)37(39,40)41)34(46)23-45-33-21-25(3)20-32(33)35(47)42-36(45)48-24-27-8-16-31(38)17-9-27/h6-17,25H,4-5,18-24H2,1-3H3/i4D2,5D2,8D,9D,16D,17D,20D2,21D2,23D2,24D2,25D. The van der Waals surface area contributed by atoms with Crippen LogP contribution in [0.1, 0.15) is 72.0 Å². The van der Waals surface area contributed by atoms with Crippen molar-refractivity contribution in [3.63, 3.8) is 0 Å². The fourth-order valence-corrected chi connectivity index (χ4v) is 5.25. The third-order valence-corrected chi connectivity index (χ3v) is 7.78. The summed E-state index contributed by atoms with van der Waals surface area (Å²) in [5, 5.41) is -1.23. The van der Waals surface area contributed by atoms with Crippen LogP contribution >= 0.6 is 11.8 Å². The van der Waals surface area contributed by atoms with Gasteiger partial charge in [0.05, 0.1) is 13.8 Å². The largest absolute Gasteiger partial charge is 0.416 e. The first-order valence-corrected chi connectivity index (χ1v) is 15.1. The number of rotatable bonds is 13. The maximum atomic E-state index is 14.9. The van der Waals surface area contributed by atoms with Crippen molar-refractivity contribution in [2.75, 3.05) is 26.1 Å². The molecule has 1 aliphatic rings. The summed E-state index contributed by atoms with van der Waals surface area (Å²) in [6.45, 7) is -7.78. The summed E-state index contributed by atoms with van der Waals surface area (Å²) < 4.78 is 200. The Labute approximate surface area is 306 Å². The number of nitrogens with zero attached hydrogens (tertiary/aromatic N) is 4. The molecule has 1 atom stereocenters. The molecule has 0 saturated heterocycles. The van der Waals surface area contributed by atoms with E-state index in [1.54, 1.807) is 0 Å². The van der Waals surface area contributed by atoms with Crippen molar-refractivity contribution in [3.05, 3.63) is 117 Å². The SMILES string of the molecule is [2H]c1c([2H])c(C([2H])([2H])Sc2nc(=O)c3c(n2C([2H])([2H])C(=O)N(CCN(C([2H])([2H])C)C([2H])([2H])C)Cc2ccc(-c4ccc(C(F)(F)F)cc4)cc2)C([2H])([2H])C([2H])(C)C3([2H])[2H])c([2H])c([2H])c1F. The maximum absolute atomic E-state index is 14.9. The monoisotopic (exact) mass is 697 g/mol. The molecule has 0 N–H and O–H groups in total. The Hall–Kier alpha value is -3.96. The number of carbonyl (C=O) groups is 1. The van der Waals surface area contributed by atoms with Crippen LogP contribution in [0.15, 0.2) is 82.7 Å². The van der Waals surface area contributed by atoms with Gasteiger partial charge in [0.1, 0.15) is 12.3 Å². The van der Waals surface area contributed by atoms with Crippen LogP contribution in [0, 0.1) is 11.7 Å². The average Bonchev–Trinajstić information content (AvgIpc) is 3.27. The highest BCUT2D eigenvalue weighted by atomic mass is 32.2. The van der Waals surface area contributed by atoms with Gasteiger partial charge in [0.2, 0.25) is 5.91 Å². The third kappa shape index (κ3) is 8.73. The van der Waals surface area contributed by atoms with Crippen LogP contribution in [-0.2, 0) is 42.5 Å². The minimum absolute atomic E-state index is 0.0584. The fourth-order valence-electron chi connectivity index (χ4n) is 4.60. The van der Waals surface area contributed by atoms with Crippen molar-refractivity contribution in [1.82, 2.24) is 19.4 Å². The van der Waals surface area contributed by atoms with E-state index in [0.717, 1.165) is 37.8 Å². The summed E-state index contributed by atoms with van der Waals surface area (Å²) in [6, 6.07) is 4.79. The molecule has 4 aromatic rings. The molecule has 48 heavy (non-hydrogen) atoms. The zero-order chi connectivity index (χ0) is 49.6. The molecule has 1 aromatic heterocycles. The highest BCUT2D eigenvalue weighted by molar-refractivity contribution is 7.98. The smallest absolute Gasteiger partial charge is 0.336 e. The normalized spacial score (nSPS) is 24.4. The number of hydrogen-bond donors (Lipinski definition) is 0. The lowest BCUT2D eigenvalue weighted by Crippen LogP contribution is -2.40. The molecule has 1 amide bonds. The molecule has 1 unspecified atom stereocenters. The molecule has 0 radical (unpaired) electrons. The second-order valence-corrected chi connectivity index (χ2v) is 11.0. The number of thioether (sulfide) groups is 1. The van der Waals surface area contributed by atoms with Crippen LogP contribution < -0.4 is 5.56 Å². The molecule has 0 fully saturated rings. The van der Waals surface area contributed by atoms with E-state index >= 15 is 0 Å². The van der Waals surface area contributed by atoms with Gasteiger partial charge in [0, 0.05) is 51.7 Å². The Balaban J connectivity index is 1.72. The topological polar surface area (TPSA) is 58.4 Å². The predicted octanol–water partition coefficient (Wildman–Crippen LogP) is 7.47.